The first-order valence-electron chi connectivity index (χ1n) is 13.7. The number of aromatic nitrogens is 6. The predicted octanol–water partition coefficient (Wildman–Crippen LogP) is 5.13. The quantitative estimate of drug-likeness (QED) is 0.317. The Labute approximate surface area is 232 Å². The van der Waals surface area contributed by atoms with Crippen LogP contribution >= 0.6 is 0 Å². The lowest BCUT2D eigenvalue weighted by molar-refractivity contribution is 0.0629. The van der Waals surface area contributed by atoms with Gasteiger partial charge >= 0.3 is 0 Å². The van der Waals surface area contributed by atoms with Gasteiger partial charge in [-0.15, -0.1) is 0 Å². The minimum Gasteiger partial charge on any atom is -0.457 e. The molecular formula is C30H33N9O. The smallest absolute Gasteiger partial charge is 0.160 e. The summed E-state index contributed by atoms with van der Waals surface area (Å²) in [5.41, 5.74) is 4.64. The van der Waals surface area contributed by atoms with Crippen LogP contribution in [-0.4, -0.2) is 55.2 Å². The third kappa shape index (κ3) is 4.19. The topological polar surface area (TPSA) is 105 Å². The Balaban J connectivity index is 1.15. The van der Waals surface area contributed by atoms with Crippen LogP contribution in [0.3, 0.4) is 0 Å². The highest BCUT2D eigenvalue weighted by Gasteiger charge is 2.58. The third-order valence-corrected chi connectivity index (χ3v) is 8.15. The molecule has 4 aromatic heterocycles. The second-order valence-corrected chi connectivity index (χ2v) is 12.1. The molecule has 2 atom stereocenters. The van der Waals surface area contributed by atoms with E-state index in [0.717, 1.165) is 59.1 Å². The third-order valence-electron chi connectivity index (χ3n) is 8.15. The van der Waals surface area contributed by atoms with Gasteiger partial charge in [0.25, 0.3) is 0 Å². The van der Waals surface area contributed by atoms with Gasteiger partial charge in [-0.1, -0.05) is 20.8 Å². The van der Waals surface area contributed by atoms with E-state index in [1.807, 2.05) is 43.5 Å². The number of anilines is 3. The molecule has 2 N–H and O–H groups in total. The fourth-order valence-corrected chi connectivity index (χ4v) is 6.61. The van der Waals surface area contributed by atoms with Crippen LogP contribution in [0.2, 0.25) is 0 Å². The summed E-state index contributed by atoms with van der Waals surface area (Å²) < 4.78 is 7.85. The van der Waals surface area contributed by atoms with Gasteiger partial charge in [0.05, 0.1) is 5.52 Å². The van der Waals surface area contributed by atoms with Gasteiger partial charge in [0, 0.05) is 42.5 Å². The summed E-state index contributed by atoms with van der Waals surface area (Å²) in [5, 5.41) is 11.2. The van der Waals surface area contributed by atoms with E-state index in [1.165, 1.54) is 12.7 Å². The maximum atomic E-state index is 6.14. The van der Waals surface area contributed by atoms with E-state index in [-0.39, 0.29) is 5.41 Å². The highest BCUT2D eigenvalue weighted by atomic mass is 16.5. The first kappa shape index (κ1) is 24.7. The average Bonchev–Trinajstić information content (AvgIpc) is 3.59. The zero-order chi connectivity index (χ0) is 27.5. The number of pyridine rings is 2. The number of hydrogen-bond acceptors (Lipinski definition) is 9. The van der Waals surface area contributed by atoms with Crippen molar-refractivity contribution < 1.29 is 4.74 Å². The zero-order valence-corrected chi connectivity index (χ0v) is 23.2. The lowest BCUT2D eigenvalue weighted by Crippen LogP contribution is -2.70. The van der Waals surface area contributed by atoms with Crippen LogP contribution in [0.4, 0.5) is 17.3 Å². The normalized spacial score (nSPS) is 20.8. The number of fused-ring (bicyclic) bond motifs is 2. The van der Waals surface area contributed by atoms with Gasteiger partial charge in [-0.05, 0) is 67.3 Å². The molecule has 204 valence electrons. The van der Waals surface area contributed by atoms with Gasteiger partial charge in [0.2, 0.25) is 0 Å². The van der Waals surface area contributed by atoms with Crippen LogP contribution in [0.1, 0.15) is 32.8 Å². The van der Waals surface area contributed by atoms with Crippen LogP contribution in [0.5, 0.6) is 11.5 Å². The Hall–Kier alpha value is -4.31. The number of aryl methyl sites for hydroxylation is 1. The van der Waals surface area contributed by atoms with Crippen molar-refractivity contribution in [3.63, 3.8) is 0 Å². The Morgan fingerprint density at radius 3 is 2.75 bits per heavy atom. The van der Waals surface area contributed by atoms with E-state index < -0.39 is 0 Å². The number of rotatable bonds is 5. The molecule has 0 aliphatic carbocycles. The first-order valence-corrected chi connectivity index (χ1v) is 13.7. The SMILES string of the molecule is Cc1cc(Nc2ncnc3ccc(N4CC5(CCNC5)C4C(C)(C)C)nc23)ccc1Oc1ccn2ncnc2c1. The molecule has 2 aliphatic rings. The zero-order valence-electron chi connectivity index (χ0n) is 23.2. The van der Waals surface area contributed by atoms with E-state index >= 15 is 0 Å². The minimum atomic E-state index is 0.137. The summed E-state index contributed by atoms with van der Waals surface area (Å²) in [4.78, 5) is 20.9. The number of nitrogens with zero attached hydrogens (tertiary/aromatic N) is 7. The molecule has 5 aromatic rings. The van der Waals surface area contributed by atoms with Gasteiger partial charge in [0.15, 0.2) is 11.5 Å². The molecule has 2 fully saturated rings. The van der Waals surface area contributed by atoms with Gasteiger partial charge in [-0.3, -0.25) is 0 Å². The van der Waals surface area contributed by atoms with Crippen LogP contribution in [0.15, 0.2) is 61.3 Å². The molecule has 0 bridgehead atoms. The van der Waals surface area contributed by atoms with E-state index in [1.54, 1.807) is 10.8 Å². The summed E-state index contributed by atoms with van der Waals surface area (Å²) in [6.07, 6.45) is 6.15. The van der Waals surface area contributed by atoms with Gasteiger partial charge in [0.1, 0.15) is 35.5 Å². The molecule has 0 saturated carbocycles. The molecule has 1 spiro atoms. The fraction of sp³-hybridized carbons (Fsp3) is 0.367. The molecule has 0 amide bonds. The largest absolute Gasteiger partial charge is 0.457 e. The molecule has 2 unspecified atom stereocenters. The molecule has 6 heterocycles. The second kappa shape index (κ2) is 9.12. The summed E-state index contributed by atoms with van der Waals surface area (Å²) in [6, 6.07) is 14.3. The summed E-state index contributed by atoms with van der Waals surface area (Å²) >= 11 is 0. The minimum absolute atomic E-state index is 0.137. The number of hydrogen-bond donors (Lipinski definition) is 2. The molecule has 10 nitrogen and oxygen atoms in total. The molecule has 7 rings (SSSR count). The van der Waals surface area contributed by atoms with Crippen molar-refractivity contribution in [2.24, 2.45) is 10.8 Å². The van der Waals surface area contributed by atoms with Crippen molar-refractivity contribution in [2.45, 2.75) is 40.2 Å². The van der Waals surface area contributed by atoms with Crippen LogP contribution < -0.4 is 20.3 Å². The van der Waals surface area contributed by atoms with E-state index in [9.17, 15) is 0 Å². The first-order chi connectivity index (χ1) is 19.3. The maximum Gasteiger partial charge on any atom is 0.160 e. The van der Waals surface area contributed by atoms with Crippen molar-refractivity contribution in [2.75, 3.05) is 29.9 Å². The van der Waals surface area contributed by atoms with Gasteiger partial charge < -0.3 is 20.3 Å². The molecule has 10 heteroatoms. The fourth-order valence-electron chi connectivity index (χ4n) is 6.61. The van der Waals surface area contributed by atoms with Gasteiger partial charge in [-0.2, -0.15) is 5.10 Å². The number of benzene rings is 1. The maximum absolute atomic E-state index is 6.14. The standard InChI is InChI=1S/C30H33N9O/c1-19-13-20(5-7-23(19)40-21-9-12-39-25(14-21)33-18-35-39)36-27-26-22(32-17-34-27)6-8-24(37-26)38-16-30(10-11-31-15-30)28(38)29(2,3)4/h5-9,12-14,17-18,28,31H,10-11,15-16H2,1-4H3,(H,32,34,36). The highest BCUT2D eigenvalue weighted by molar-refractivity contribution is 5.88. The molecular weight excluding hydrogens is 502 g/mol. The Morgan fingerprint density at radius 2 is 1.95 bits per heavy atom. The monoisotopic (exact) mass is 535 g/mol. The second-order valence-electron chi connectivity index (χ2n) is 12.1. The summed E-state index contributed by atoms with van der Waals surface area (Å²) in [7, 11) is 0. The Morgan fingerprint density at radius 1 is 1.05 bits per heavy atom. The number of ether oxygens (including phenoxy) is 1. The van der Waals surface area contributed by atoms with Crippen LogP contribution in [-0.2, 0) is 0 Å². The van der Waals surface area contributed by atoms with E-state index in [4.69, 9.17) is 9.72 Å². The van der Waals surface area contributed by atoms with Crippen molar-refractivity contribution in [3.05, 3.63) is 66.9 Å². The lowest BCUT2D eigenvalue weighted by Gasteiger charge is -2.61. The van der Waals surface area contributed by atoms with Crippen molar-refractivity contribution in [3.8, 4) is 11.5 Å². The molecule has 2 saturated heterocycles. The highest BCUT2D eigenvalue weighted by Crippen LogP contribution is 2.51. The van der Waals surface area contributed by atoms with Gasteiger partial charge in [-0.25, -0.2) is 24.5 Å². The van der Waals surface area contributed by atoms with Crippen LogP contribution in [0.25, 0.3) is 16.7 Å². The Kier molecular flexibility index (Phi) is 5.64. The van der Waals surface area contributed by atoms with Crippen molar-refractivity contribution in [1.29, 1.82) is 0 Å². The average molecular weight is 536 g/mol. The summed E-state index contributed by atoms with van der Waals surface area (Å²) in [5.74, 6) is 3.14. The van der Waals surface area contributed by atoms with E-state index in [2.05, 4.69) is 68.5 Å². The molecule has 40 heavy (non-hydrogen) atoms. The predicted molar refractivity (Wildman–Crippen MR) is 155 cm³/mol. The Bertz CT molecular complexity index is 1720. The van der Waals surface area contributed by atoms with Crippen molar-refractivity contribution >= 4 is 34.0 Å². The summed E-state index contributed by atoms with van der Waals surface area (Å²) in [6.45, 7) is 12.2. The van der Waals surface area contributed by atoms with Crippen molar-refractivity contribution in [1.82, 2.24) is 34.9 Å². The van der Waals surface area contributed by atoms with E-state index in [0.29, 0.717) is 23.0 Å². The molecule has 1 aromatic carbocycles. The van der Waals surface area contributed by atoms with Crippen LogP contribution in [0, 0.1) is 17.8 Å². The molecule has 0 radical (unpaired) electrons. The number of nitrogens with one attached hydrogen (secondary N) is 2. The molecule has 2 aliphatic heterocycles. The lowest BCUT2D eigenvalue weighted by atomic mass is 9.61.